The van der Waals surface area contributed by atoms with Gasteiger partial charge in [0.1, 0.15) is 0 Å². The summed E-state index contributed by atoms with van der Waals surface area (Å²) in [7, 11) is 0. The predicted molar refractivity (Wildman–Crippen MR) is 66.6 cm³/mol. The number of nitrogens with zero attached hydrogens (tertiary/aromatic N) is 2. The van der Waals surface area contributed by atoms with E-state index in [-0.39, 0.29) is 0 Å². The molecule has 1 aromatic heterocycles. The van der Waals surface area contributed by atoms with E-state index in [1.807, 2.05) is 6.33 Å². The van der Waals surface area contributed by atoms with Crippen LogP contribution in [0.2, 0.25) is 0 Å². The van der Waals surface area contributed by atoms with Gasteiger partial charge in [-0.05, 0) is 44.7 Å². The van der Waals surface area contributed by atoms with Crippen molar-refractivity contribution < 1.29 is 0 Å². The maximum Gasteiger partial charge on any atom is 0.0951 e. The van der Waals surface area contributed by atoms with Gasteiger partial charge in [-0.1, -0.05) is 13.8 Å². The number of imidazole rings is 1. The van der Waals surface area contributed by atoms with Gasteiger partial charge in [0.15, 0.2) is 0 Å². The lowest BCUT2D eigenvalue weighted by Gasteiger charge is -2.17. The minimum absolute atomic E-state index is 0.681. The van der Waals surface area contributed by atoms with Crippen molar-refractivity contribution in [1.82, 2.24) is 14.9 Å². The Morgan fingerprint density at radius 3 is 3.06 bits per heavy atom. The maximum absolute atomic E-state index is 4.53. The summed E-state index contributed by atoms with van der Waals surface area (Å²) in [6, 6.07) is 0. The highest BCUT2D eigenvalue weighted by molar-refractivity contribution is 5.16. The molecule has 0 saturated carbocycles. The summed E-state index contributed by atoms with van der Waals surface area (Å²) < 4.78 is 2.37. The third-order valence-corrected chi connectivity index (χ3v) is 3.36. The number of aryl methyl sites for hydroxylation is 1. The molecule has 0 aliphatic heterocycles. The summed E-state index contributed by atoms with van der Waals surface area (Å²) in [5, 5.41) is 3.41. The largest absolute Gasteiger partial charge is 0.334 e. The van der Waals surface area contributed by atoms with Gasteiger partial charge in [0, 0.05) is 12.2 Å². The summed E-state index contributed by atoms with van der Waals surface area (Å²) in [5.41, 5.74) is 2.84. The van der Waals surface area contributed by atoms with E-state index in [2.05, 4.69) is 28.7 Å². The first-order chi connectivity index (χ1) is 7.81. The fourth-order valence-electron chi connectivity index (χ4n) is 2.48. The molecule has 0 spiro atoms. The van der Waals surface area contributed by atoms with E-state index in [1.165, 1.54) is 37.1 Å². The second-order valence-corrected chi connectivity index (χ2v) is 4.91. The molecular weight excluding hydrogens is 198 g/mol. The number of rotatable bonds is 5. The Kier molecular flexibility index (Phi) is 3.99. The Balaban J connectivity index is 1.96. The van der Waals surface area contributed by atoms with Crippen LogP contribution in [0, 0.1) is 5.92 Å². The molecule has 1 N–H and O–H groups in total. The Morgan fingerprint density at radius 2 is 2.25 bits per heavy atom. The van der Waals surface area contributed by atoms with Crippen LogP contribution in [0.4, 0.5) is 0 Å². The summed E-state index contributed by atoms with van der Waals surface area (Å²) in [5.74, 6) is 0.681. The fourth-order valence-corrected chi connectivity index (χ4v) is 2.48. The zero-order valence-corrected chi connectivity index (χ0v) is 10.5. The number of hydrogen-bond acceptors (Lipinski definition) is 2. The normalized spacial score (nSPS) is 17.1. The monoisotopic (exact) mass is 221 g/mol. The second kappa shape index (κ2) is 5.48. The van der Waals surface area contributed by atoms with Gasteiger partial charge < -0.3 is 9.88 Å². The topological polar surface area (TPSA) is 29.9 Å². The lowest BCUT2D eigenvalue weighted by atomic mass is 10.0. The summed E-state index contributed by atoms with van der Waals surface area (Å²) in [4.78, 5) is 4.53. The van der Waals surface area contributed by atoms with Gasteiger partial charge in [-0.15, -0.1) is 0 Å². The molecule has 16 heavy (non-hydrogen) atoms. The lowest BCUT2D eigenvalue weighted by Crippen LogP contribution is -2.24. The Hall–Kier alpha value is -0.830. The molecule has 0 amide bonds. The van der Waals surface area contributed by atoms with Gasteiger partial charge >= 0.3 is 0 Å². The zero-order valence-electron chi connectivity index (χ0n) is 10.5. The quantitative estimate of drug-likeness (QED) is 0.824. The van der Waals surface area contributed by atoms with Crippen molar-refractivity contribution in [1.29, 1.82) is 0 Å². The fraction of sp³-hybridized carbons (Fsp3) is 0.769. The Bertz CT molecular complexity index is 330. The summed E-state index contributed by atoms with van der Waals surface area (Å²) in [6.45, 7) is 7.73. The van der Waals surface area contributed by atoms with Crippen LogP contribution < -0.4 is 5.32 Å². The number of nitrogens with one attached hydrogen (secondary N) is 1. The van der Waals surface area contributed by atoms with Crippen molar-refractivity contribution >= 4 is 0 Å². The molecule has 0 aromatic carbocycles. The third-order valence-electron chi connectivity index (χ3n) is 3.36. The molecule has 1 aliphatic carbocycles. The second-order valence-electron chi connectivity index (χ2n) is 4.91. The smallest absolute Gasteiger partial charge is 0.0951 e. The van der Waals surface area contributed by atoms with Gasteiger partial charge in [0.2, 0.25) is 0 Å². The first-order valence-electron chi connectivity index (χ1n) is 6.55. The van der Waals surface area contributed by atoms with Gasteiger partial charge in [-0.3, -0.25) is 0 Å². The molecular formula is C13H23N3. The van der Waals surface area contributed by atoms with Crippen LogP contribution in [0.1, 0.15) is 38.1 Å². The van der Waals surface area contributed by atoms with Crippen LogP contribution in [-0.2, 0) is 19.4 Å². The van der Waals surface area contributed by atoms with Crippen molar-refractivity contribution in [2.75, 3.05) is 13.1 Å². The summed E-state index contributed by atoms with van der Waals surface area (Å²) >= 11 is 0. The molecule has 0 saturated heterocycles. The highest BCUT2D eigenvalue weighted by Gasteiger charge is 2.15. The van der Waals surface area contributed by atoms with E-state index in [0.717, 1.165) is 19.6 Å². The van der Waals surface area contributed by atoms with Gasteiger partial charge in [-0.2, -0.15) is 0 Å². The van der Waals surface area contributed by atoms with E-state index in [9.17, 15) is 0 Å². The van der Waals surface area contributed by atoms with Crippen molar-refractivity contribution in [2.45, 2.75) is 46.1 Å². The average molecular weight is 221 g/mol. The van der Waals surface area contributed by atoms with Gasteiger partial charge in [0.25, 0.3) is 0 Å². The third kappa shape index (κ3) is 2.64. The van der Waals surface area contributed by atoms with Crippen LogP contribution in [0.15, 0.2) is 6.33 Å². The van der Waals surface area contributed by atoms with E-state index in [1.54, 1.807) is 0 Å². The number of aromatic nitrogens is 2. The van der Waals surface area contributed by atoms with Crippen LogP contribution >= 0.6 is 0 Å². The molecule has 1 unspecified atom stereocenters. The van der Waals surface area contributed by atoms with Gasteiger partial charge in [-0.25, -0.2) is 4.98 Å². The van der Waals surface area contributed by atoms with Crippen LogP contribution in [0.3, 0.4) is 0 Å². The standard InChI is InChI=1S/C13H23N3/c1-3-14-8-11(2)9-16-10-15-12-6-4-5-7-13(12)16/h10-11,14H,3-9H2,1-2H3. The van der Waals surface area contributed by atoms with Crippen molar-refractivity contribution in [3.8, 4) is 0 Å². The van der Waals surface area contributed by atoms with E-state index >= 15 is 0 Å². The van der Waals surface area contributed by atoms with Crippen LogP contribution in [-0.4, -0.2) is 22.6 Å². The summed E-state index contributed by atoms with van der Waals surface area (Å²) in [6.07, 6.45) is 7.10. The molecule has 1 aliphatic rings. The van der Waals surface area contributed by atoms with Crippen molar-refractivity contribution in [3.63, 3.8) is 0 Å². The predicted octanol–water partition coefficient (Wildman–Crippen LogP) is 2.01. The van der Waals surface area contributed by atoms with Crippen LogP contribution in [0.25, 0.3) is 0 Å². The Morgan fingerprint density at radius 1 is 1.44 bits per heavy atom. The highest BCUT2D eigenvalue weighted by Crippen LogP contribution is 2.20. The minimum Gasteiger partial charge on any atom is -0.334 e. The molecule has 3 nitrogen and oxygen atoms in total. The van der Waals surface area contributed by atoms with E-state index in [4.69, 9.17) is 0 Å². The average Bonchev–Trinajstić information content (AvgIpc) is 2.70. The van der Waals surface area contributed by atoms with Crippen molar-refractivity contribution in [2.24, 2.45) is 5.92 Å². The zero-order chi connectivity index (χ0) is 11.4. The highest BCUT2D eigenvalue weighted by atomic mass is 15.1. The molecule has 2 rings (SSSR count). The minimum atomic E-state index is 0.681. The van der Waals surface area contributed by atoms with Gasteiger partial charge in [0.05, 0.1) is 12.0 Å². The molecule has 1 heterocycles. The first-order valence-corrected chi connectivity index (χ1v) is 6.55. The van der Waals surface area contributed by atoms with Crippen LogP contribution in [0.5, 0.6) is 0 Å². The molecule has 0 fully saturated rings. The molecule has 1 atom stereocenters. The first kappa shape index (κ1) is 11.6. The molecule has 3 heteroatoms. The molecule has 0 radical (unpaired) electrons. The van der Waals surface area contributed by atoms with Crippen molar-refractivity contribution in [3.05, 3.63) is 17.7 Å². The molecule has 0 bridgehead atoms. The Labute approximate surface area is 98.3 Å². The SMILES string of the molecule is CCNCC(C)Cn1cnc2c1CCCC2. The maximum atomic E-state index is 4.53. The van der Waals surface area contributed by atoms with E-state index in [0.29, 0.717) is 5.92 Å². The molecule has 1 aromatic rings. The van der Waals surface area contributed by atoms with E-state index < -0.39 is 0 Å². The number of hydrogen-bond donors (Lipinski definition) is 1. The number of fused-ring (bicyclic) bond motifs is 1. The lowest BCUT2D eigenvalue weighted by molar-refractivity contribution is 0.440. The molecule has 90 valence electrons.